The number of hydrogen-bond donors (Lipinski definition) is 0. The Morgan fingerprint density at radius 2 is 0.878 bits per heavy atom. The van der Waals surface area contributed by atoms with E-state index in [4.69, 9.17) is 8.83 Å². The molecule has 0 N–H and O–H groups in total. The van der Waals surface area contributed by atoms with E-state index in [1.165, 1.54) is 27.6 Å². The Hall–Kier alpha value is -6.58. The SMILES string of the molecule is c1ccc(-c2cccc(-c3cc4c5ccc(N(c6ccccc6)c6ccc7c(c6)oc6ccccc67)cc5oc4c4ccccc34)c2)cc1. The third kappa shape index (κ3) is 4.51. The lowest BCUT2D eigenvalue weighted by atomic mass is 9.93. The predicted octanol–water partition coefficient (Wildman–Crippen LogP) is 13.4. The van der Waals surface area contributed by atoms with Crippen molar-refractivity contribution in [1.29, 1.82) is 0 Å². The Morgan fingerprint density at radius 1 is 0.306 bits per heavy atom. The van der Waals surface area contributed by atoms with E-state index in [9.17, 15) is 0 Å². The second-order valence-electron chi connectivity index (χ2n) is 12.5. The highest BCUT2D eigenvalue weighted by atomic mass is 16.3. The fourth-order valence-corrected chi connectivity index (χ4v) is 7.34. The van der Waals surface area contributed by atoms with Gasteiger partial charge in [-0.15, -0.1) is 0 Å². The Bertz CT molecular complexity index is 2830. The van der Waals surface area contributed by atoms with Crippen LogP contribution in [0.5, 0.6) is 0 Å². The zero-order valence-corrected chi connectivity index (χ0v) is 26.5. The smallest absolute Gasteiger partial charge is 0.143 e. The minimum absolute atomic E-state index is 0.846. The van der Waals surface area contributed by atoms with Gasteiger partial charge in [-0.1, -0.05) is 109 Å². The van der Waals surface area contributed by atoms with Gasteiger partial charge in [0.15, 0.2) is 0 Å². The van der Waals surface area contributed by atoms with Crippen molar-refractivity contribution in [2.24, 2.45) is 0 Å². The minimum atomic E-state index is 0.846. The van der Waals surface area contributed by atoms with E-state index in [2.05, 4.69) is 163 Å². The highest BCUT2D eigenvalue weighted by Gasteiger charge is 2.19. The highest BCUT2D eigenvalue weighted by molar-refractivity contribution is 6.19. The van der Waals surface area contributed by atoms with E-state index >= 15 is 0 Å². The van der Waals surface area contributed by atoms with Gasteiger partial charge in [-0.2, -0.15) is 0 Å². The first kappa shape index (κ1) is 27.5. The standard InChI is InChI=1S/C46H29NO2/c1-3-12-30(13-4-1)31-14-11-15-32(26-31)41-29-42-39-25-23-35(28-45(39)49-46(42)40-20-8-7-18-36(40)41)47(33-16-5-2-6-17-33)34-22-24-38-37-19-9-10-21-43(37)48-44(38)27-34/h1-29H. The first-order chi connectivity index (χ1) is 24.3. The van der Waals surface area contributed by atoms with Crippen LogP contribution in [0.1, 0.15) is 0 Å². The zero-order chi connectivity index (χ0) is 32.3. The average Bonchev–Trinajstić information content (AvgIpc) is 3.73. The Kier molecular flexibility index (Phi) is 6.18. The zero-order valence-electron chi connectivity index (χ0n) is 26.5. The summed E-state index contributed by atoms with van der Waals surface area (Å²) < 4.78 is 13.1. The molecule has 230 valence electrons. The molecule has 0 saturated heterocycles. The molecule has 2 aromatic heterocycles. The molecular weight excluding hydrogens is 599 g/mol. The highest BCUT2D eigenvalue weighted by Crippen LogP contribution is 2.44. The van der Waals surface area contributed by atoms with Crippen molar-refractivity contribution in [2.75, 3.05) is 4.90 Å². The van der Waals surface area contributed by atoms with Crippen LogP contribution in [0, 0.1) is 0 Å². The fourth-order valence-electron chi connectivity index (χ4n) is 7.34. The molecule has 0 unspecified atom stereocenters. The number of furan rings is 2. The number of rotatable bonds is 5. The van der Waals surface area contributed by atoms with Crippen LogP contribution in [0.25, 0.3) is 76.9 Å². The van der Waals surface area contributed by atoms with E-state index in [-0.39, 0.29) is 0 Å². The molecule has 0 fully saturated rings. The van der Waals surface area contributed by atoms with Crippen LogP contribution >= 0.6 is 0 Å². The molecule has 10 aromatic rings. The summed E-state index contributed by atoms with van der Waals surface area (Å²) in [6.45, 7) is 0. The molecule has 0 saturated carbocycles. The van der Waals surface area contributed by atoms with Gasteiger partial charge in [0, 0.05) is 56.1 Å². The summed E-state index contributed by atoms with van der Waals surface area (Å²) >= 11 is 0. The monoisotopic (exact) mass is 627 g/mol. The second kappa shape index (κ2) is 11.0. The largest absolute Gasteiger partial charge is 0.456 e. The topological polar surface area (TPSA) is 29.5 Å². The average molecular weight is 628 g/mol. The maximum Gasteiger partial charge on any atom is 0.143 e. The molecule has 8 aromatic carbocycles. The summed E-state index contributed by atoms with van der Waals surface area (Å²) in [5, 5.41) is 6.70. The van der Waals surface area contributed by atoms with Crippen molar-refractivity contribution in [3.63, 3.8) is 0 Å². The van der Waals surface area contributed by atoms with Crippen LogP contribution in [0.2, 0.25) is 0 Å². The van der Waals surface area contributed by atoms with Crippen LogP contribution in [0.4, 0.5) is 17.1 Å². The third-order valence-corrected chi connectivity index (χ3v) is 9.64. The van der Waals surface area contributed by atoms with Gasteiger partial charge in [0.1, 0.15) is 22.3 Å². The van der Waals surface area contributed by atoms with Crippen LogP contribution in [0.3, 0.4) is 0 Å². The molecule has 0 spiro atoms. The lowest BCUT2D eigenvalue weighted by Gasteiger charge is -2.25. The molecule has 0 atom stereocenters. The van der Waals surface area contributed by atoms with Crippen molar-refractivity contribution in [3.05, 3.63) is 176 Å². The molecule has 0 bridgehead atoms. The molecule has 0 radical (unpaired) electrons. The molecular formula is C46H29NO2. The lowest BCUT2D eigenvalue weighted by molar-refractivity contribution is 0.669. The number of para-hydroxylation sites is 2. The molecule has 0 amide bonds. The molecule has 3 heteroatoms. The van der Waals surface area contributed by atoms with Crippen molar-refractivity contribution < 1.29 is 8.83 Å². The number of benzene rings is 8. The van der Waals surface area contributed by atoms with E-state index in [1.807, 2.05) is 18.2 Å². The van der Waals surface area contributed by atoms with E-state index in [1.54, 1.807) is 0 Å². The van der Waals surface area contributed by atoms with Gasteiger partial charge in [-0.05, 0) is 82.2 Å². The van der Waals surface area contributed by atoms with Crippen molar-refractivity contribution in [3.8, 4) is 22.3 Å². The summed E-state index contributed by atoms with van der Waals surface area (Å²) in [6.07, 6.45) is 0. The summed E-state index contributed by atoms with van der Waals surface area (Å²) in [5.74, 6) is 0. The lowest BCUT2D eigenvalue weighted by Crippen LogP contribution is -2.09. The molecule has 49 heavy (non-hydrogen) atoms. The van der Waals surface area contributed by atoms with Crippen molar-refractivity contribution in [2.45, 2.75) is 0 Å². The van der Waals surface area contributed by atoms with Crippen LogP contribution in [0.15, 0.2) is 185 Å². The summed E-state index contributed by atoms with van der Waals surface area (Å²) in [5.41, 5.74) is 11.4. The predicted molar refractivity (Wildman–Crippen MR) is 204 cm³/mol. The number of anilines is 3. The minimum Gasteiger partial charge on any atom is -0.456 e. The van der Waals surface area contributed by atoms with Gasteiger partial charge in [-0.25, -0.2) is 0 Å². The van der Waals surface area contributed by atoms with Gasteiger partial charge in [0.05, 0.1) is 0 Å². The van der Waals surface area contributed by atoms with Gasteiger partial charge in [0.2, 0.25) is 0 Å². The third-order valence-electron chi connectivity index (χ3n) is 9.64. The summed E-state index contributed by atoms with van der Waals surface area (Å²) in [7, 11) is 0. The fraction of sp³-hybridized carbons (Fsp3) is 0. The van der Waals surface area contributed by atoms with Crippen LogP contribution in [-0.4, -0.2) is 0 Å². The molecule has 10 rings (SSSR count). The van der Waals surface area contributed by atoms with E-state index in [0.29, 0.717) is 0 Å². The Morgan fingerprint density at radius 3 is 1.65 bits per heavy atom. The number of nitrogens with zero attached hydrogens (tertiary/aromatic N) is 1. The molecule has 2 heterocycles. The Balaban J connectivity index is 1.15. The maximum absolute atomic E-state index is 6.78. The molecule has 3 nitrogen and oxygen atoms in total. The summed E-state index contributed by atoms with van der Waals surface area (Å²) in [6, 6.07) is 61.9. The van der Waals surface area contributed by atoms with E-state index < -0.39 is 0 Å². The van der Waals surface area contributed by atoms with Gasteiger partial charge in [0.25, 0.3) is 0 Å². The van der Waals surface area contributed by atoms with Crippen molar-refractivity contribution >= 4 is 71.7 Å². The van der Waals surface area contributed by atoms with Crippen LogP contribution < -0.4 is 4.90 Å². The molecule has 0 aliphatic carbocycles. The first-order valence-corrected chi connectivity index (χ1v) is 16.6. The molecule has 0 aliphatic heterocycles. The Labute approximate surface area is 282 Å². The summed E-state index contributed by atoms with van der Waals surface area (Å²) in [4.78, 5) is 2.26. The van der Waals surface area contributed by atoms with Gasteiger partial charge in [-0.3, -0.25) is 0 Å². The number of hydrogen-bond acceptors (Lipinski definition) is 3. The van der Waals surface area contributed by atoms with Gasteiger partial charge < -0.3 is 13.7 Å². The normalized spacial score (nSPS) is 11.7. The van der Waals surface area contributed by atoms with Gasteiger partial charge >= 0.3 is 0 Å². The first-order valence-electron chi connectivity index (χ1n) is 16.6. The van der Waals surface area contributed by atoms with E-state index in [0.717, 1.165) is 66.3 Å². The maximum atomic E-state index is 6.78. The molecule has 0 aliphatic rings. The van der Waals surface area contributed by atoms with Crippen LogP contribution in [-0.2, 0) is 0 Å². The second-order valence-corrected chi connectivity index (χ2v) is 12.5. The van der Waals surface area contributed by atoms with Crippen molar-refractivity contribution in [1.82, 2.24) is 0 Å². The number of fused-ring (bicyclic) bond motifs is 8. The quantitative estimate of drug-likeness (QED) is 0.190.